The van der Waals surface area contributed by atoms with Crippen molar-refractivity contribution in [1.82, 2.24) is 15.0 Å². The van der Waals surface area contributed by atoms with Gasteiger partial charge in [0.1, 0.15) is 0 Å². The van der Waals surface area contributed by atoms with E-state index in [2.05, 4.69) is 15.0 Å². The van der Waals surface area contributed by atoms with Gasteiger partial charge in [0.2, 0.25) is 0 Å². The number of piperidine rings is 1. The fourth-order valence-corrected chi connectivity index (χ4v) is 2.84. The van der Waals surface area contributed by atoms with Crippen LogP contribution < -0.4 is 0 Å². The van der Waals surface area contributed by atoms with Crippen molar-refractivity contribution in [3.05, 3.63) is 22.7 Å². The lowest BCUT2D eigenvalue weighted by Crippen LogP contribution is -2.42. The number of rotatable bonds is 3. The third kappa shape index (κ3) is 3.02. The molecule has 2 aromatic rings. The molecule has 2 aromatic heterocycles. The smallest absolute Gasteiger partial charge is 0.258 e. The maximum Gasteiger partial charge on any atom is 0.258 e. The van der Waals surface area contributed by atoms with Gasteiger partial charge in [-0.05, 0) is 31.2 Å². The van der Waals surface area contributed by atoms with Crippen molar-refractivity contribution in [2.24, 2.45) is 0 Å². The van der Waals surface area contributed by atoms with Crippen LogP contribution in [0.25, 0.3) is 11.5 Å². The molecule has 0 unspecified atom stereocenters. The molecule has 0 aliphatic carbocycles. The first kappa shape index (κ1) is 12.8. The average molecular weight is 279 g/mol. The van der Waals surface area contributed by atoms with E-state index in [1.165, 1.54) is 0 Å². The second kappa shape index (κ2) is 5.03. The first-order valence-electron chi connectivity index (χ1n) is 6.42. The molecule has 0 atom stereocenters. The van der Waals surface area contributed by atoms with Crippen molar-refractivity contribution < 1.29 is 9.63 Å². The normalized spacial score (nSPS) is 19.7. The number of thiophene rings is 1. The third-order valence-corrected chi connectivity index (χ3v) is 4.22. The zero-order chi connectivity index (χ0) is 13.3. The Morgan fingerprint density at radius 1 is 1.47 bits per heavy atom. The van der Waals surface area contributed by atoms with E-state index in [1.54, 1.807) is 11.3 Å². The molecule has 3 heterocycles. The molecule has 5 nitrogen and oxygen atoms in total. The van der Waals surface area contributed by atoms with Crippen LogP contribution in [0.15, 0.2) is 21.3 Å². The monoisotopic (exact) mass is 279 g/mol. The van der Waals surface area contributed by atoms with Crippen LogP contribution >= 0.6 is 11.3 Å². The van der Waals surface area contributed by atoms with E-state index in [1.807, 2.05) is 23.8 Å². The Morgan fingerprint density at radius 3 is 2.95 bits per heavy atom. The Morgan fingerprint density at radius 2 is 2.26 bits per heavy atom. The summed E-state index contributed by atoms with van der Waals surface area (Å²) in [7, 11) is 0. The van der Waals surface area contributed by atoms with Crippen molar-refractivity contribution >= 4 is 11.3 Å². The lowest BCUT2D eigenvalue weighted by atomic mass is 9.94. The SMILES string of the molecule is CC1(O)CCN(Cc2noc(-c3ccsc3)n2)CC1. The van der Waals surface area contributed by atoms with E-state index in [0.29, 0.717) is 18.3 Å². The van der Waals surface area contributed by atoms with Gasteiger partial charge in [0, 0.05) is 18.5 Å². The van der Waals surface area contributed by atoms with Crippen LogP contribution in [0.5, 0.6) is 0 Å². The van der Waals surface area contributed by atoms with E-state index >= 15 is 0 Å². The minimum absolute atomic E-state index is 0.518. The highest BCUT2D eigenvalue weighted by molar-refractivity contribution is 7.08. The van der Waals surface area contributed by atoms with Gasteiger partial charge < -0.3 is 9.63 Å². The highest BCUT2D eigenvalue weighted by atomic mass is 32.1. The minimum atomic E-state index is -0.518. The van der Waals surface area contributed by atoms with Gasteiger partial charge in [-0.2, -0.15) is 16.3 Å². The molecule has 1 fully saturated rings. The Balaban J connectivity index is 1.62. The predicted molar refractivity (Wildman–Crippen MR) is 72.7 cm³/mol. The molecule has 3 rings (SSSR count). The van der Waals surface area contributed by atoms with Crippen LogP contribution in [-0.4, -0.2) is 38.8 Å². The molecule has 6 heteroatoms. The van der Waals surface area contributed by atoms with Gasteiger partial charge in [-0.15, -0.1) is 0 Å². The molecule has 0 bridgehead atoms. The third-order valence-electron chi connectivity index (χ3n) is 3.53. The molecule has 0 spiro atoms. The van der Waals surface area contributed by atoms with E-state index in [0.717, 1.165) is 31.5 Å². The number of hydrogen-bond donors (Lipinski definition) is 1. The van der Waals surface area contributed by atoms with Crippen LogP contribution in [0.4, 0.5) is 0 Å². The molecular formula is C13H17N3O2S. The van der Waals surface area contributed by atoms with Crippen LogP contribution in [0, 0.1) is 0 Å². The largest absolute Gasteiger partial charge is 0.390 e. The van der Waals surface area contributed by atoms with E-state index < -0.39 is 5.60 Å². The molecule has 0 saturated carbocycles. The fourth-order valence-electron chi connectivity index (χ4n) is 2.21. The van der Waals surface area contributed by atoms with Crippen molar-refractivity contribution in [3.8, 4) is 11.5 Å². The number of nitrogens with zero attached hydrogens (tertiary/aromatic N) is 3. The summed E-state index contributed by atoms with van der Waals surface area (Å²) >= 11 is 1.61. The molecule has 1 aliphatic rings. The Bertz CT molecular complexity index is 526. The molecular weight excluding hydrogens is 262 g/mol. The molecule has 0 amide bonds. The van der Waals surface area contributed by atoms with Crippen molar-refractivity contribution in [2.75, 3.05) is 13.1 Å². The van der Waals surface area contributed by atoms with Gasteiger partial charge in [0.25, 0.3) is 5.89 Å². The van der Waals surface area contributed by atoms with Gasteiger partial charge in [-0.25, -0.2) is 0 Å². The van der Waals surface area contributed by atoms with E-state index in [-0.39, 0.29) is 0 Å². The summed E-state index contributed by atoms with van der Waals surface area (Å²) in [5.74, 6) is 1.29. The Labute approximate surface area is 115 Å². The maximum absolute atomic E-state index is 9.91. The molecule has 1 saturated heterocycles. The molecule has 19 heavy (non-hydrogen) atoms. The van der Waals surface area contributed by atoms with Gasteiger partial charge in [-0.3, -0.25) is 4.90 Å². The molecule has 1 aliphatic heterocycles. The van der Waals surface area contributed by atoms with Crippen molar-refractivity contribution in [3.63, 3.8) is 0 Å². The first-order chi connectivity index (χ1) is 9.12. The zero-order valence-electron chi connectivity index (χ0n) is 10.9. The predicted octanol–water partition coefficient (Wildman–Crippen LogP) is 2.14. The Hall–Kier alpha value is -1.24. The van der Waals surface area contributed by atoms with Gasteiger partial charge in [0.15, 0.2) is 5.82 Å². The summed E-state index contributed by atoms with van der Waals surface area (Å²) in [6.07, 6.45) is 1.59. The summed E-state index contributed by atoms with van der Waals surface area (Å²) in [6, 6.07) is 1.97. The van der Waals surface area contributed by atoms with E-state index in [4.69, 9.17) is 4.52 Å². The topological polar surface area (TPSA) is 62.4 Å². The first-order valence-corrected chi connectivity index (χ1v) is 7.37. The highest BCUT2D eigenvalue weighted by Gasteiger charge is 2.27. The summed E-state index contributed by atoms with van der Waals surface area (Å²) in [5, 5.41) is 17.9. The van der Waals surface area contributed by atoms with Crippen LogP contribution in [0.1, 0.15) is 25.6 Å². The lowest BCUT2D eigenvalue weighted by Gasteiger charge is -2.35. The van der Waals surface area contributed by atoms with E-state index in [9.17, 15) is 5.11 Å². The zero-order valence-corrected chi connectivity index (χ0v) is 11.7. The maximum atomic E-state index is 9.91. The lowest BCUT2D eigenvalue weighted by molar-refractivity contribution is -0.00799. The highest BCUT2D eigenvalue weighted by Crippen LogP contribution is 2.23. The quantitative estimate of drug-likeness (QED) is 0.932. The number of hydrogen-bond acceptors (Lipinski definition) is 6. The minimum Gasteiger partial charge on any atom is -0.390 e. The molecule has 0 radical (unpaired) electrons. The summed E-state index contributed by atoms with van der Waals surface area (Å²) in [6.45, 7) is 4.32. The summed E-state index contributed by atoms with van der Waals surface area (Å²) < 4.78 is 5.26. The summed E-state index contributed by atoms with van der Waals surface area (Å²) in [5.41, 5.74) is 0.459. The second-order valence-electron chi connectivity index (χ2n) is 5.30. The van der Waals surface area contributed by atoms with Crippen molar-refractivity contribution in [2.45, 2.75) is 31.9 Å². The average Bonchev–Trinajstić information content (AvgIpc) is 3.02. The van der Waals surface area contributed by atoms with Crippen LogP contribution in [0.3, 0.4) is 0 Å². The molecule has 1 N–H and O–H groups in total. The Kier molecular flexibility index (Phi) is 3.38. The van der Waals surface area contributed by atoms with Gasteiger partial charge in [0.05, 0.1) is 17.7 Å². The van der Waals surface area contributed by atoms with Crippen molar-refractivity contribution in [1.29, 1.82) is 0 Å². The molecule has 102 valence electrons. The number of likely N-dealkylation sites (tertiary alicyclic amines) is 1. The fraction of sp³-hybridized carbons (Fsp3) is 0.538. The second-order valence-corrected chi connectivity index (χ2v) is 6.08. The van der Waals surface area contributed by atoms with Crippen LogP contribution in [-0.2, 0) is 6.54 Å². The van der Waals surface area contributed by atoms with Gasteiger partial charge in [-0.1, -0.05) is 5.16 Å². The van der Waals surface area contributed by atoms with Crippen LogP contribution in [0.2, 0.25) is 0 Å². The summed E-state index contributed by atoms with van der Waals surface area (Å²) in [4.78, 5) is 6.66. The number of aromatic nitrogens is 2. The standard InChI is InChI=1S/C13H17N3O2S/c1-13(17)3-5-16(6-4-13)8-11-14-12(18-15-11)10-2-7-19-9-10/h2,7,9,17H,3-6,8H2,1H3. The number of aliphatic hydroxyl groups is 1. The van der Waals surface area contributed by atoms with Gasteiger partial charge >= 0.3 is 0 Å². The molecule has 0 aromatic carbocycles.